The van der Waals surface area contributed by atoms with Crippen LogP contribution in [0.1, 0.15) is 15.9 Å². The standard InChI is InChI=1S/C18H15NO4/c1-3-10-23-17-14(7-5-9-16(17)22-2)12-19-15-8-4-6-13(11-15)18(20)21/h1,4-9,11-12H,10H2,2H3,(H,20,21). The highest BCUT2D eigenvalue weighted by molar-refractivity contribution is 5.90. The summed E-state index contributed by atoms with van der Waals surface area (Å²) in [6.07, 6.45) is 6.80. The summed E-state index contributed by atoms with van der Waals surface area (Å²) >= 11 is 0. The first-order chi connectivity index (χ1) is 11.2. The van der Waals surface area contributed by atoms with Gasteiger partial charge in [-0.3, -0.25) is 4.99 Å². The van der Waals surface area contributed by atoms with Gasteiger partial charge in [-0.2, -0.15) is 0 Å². The molecule has 0 atom stereocenters. The molecule has 0 heterocycles. The Balaban J connectivity index is 2.33. The lowest BCUT2D eigenvalue weighted by molar-refractivity contribution is 0.0697. The highest BCUT2D eigenvalue weighted by atomic mass is 16.5. The second kappa shape index (κ2) is 7.66. The highest BCUT2D eigenvalue weighted by Gasteiger charge is 2.09. The largest absolute Gasteiger partial charge is 0.493 e. The number of para-hydroxylation sites is 1. The number of aliphatic imine (C=N–C) groups is 1. The van der Waals surface area contributed by atoms with Gasteiger partial charge < -0.3 is 14.6 Å². The molecule has 2 aromatic rings. The van der Waals surface area contributed by atoms with Gasteiger partial charge in [0.25, 0.3) is 0 Å². The van der Waals surface area contributed by atoms with Crippen LogP contribution < -0.4 is 9.47 Å². The van der Waals surface area contributed by atoms with Crippen LogP contribution in [0, 0.1) is 12.3 Å². The van der Waals surface area contributed by atoms with E-state index in [-0.39, 0.29) is 12.2 Å². The van der Waals surface area contributed by atoms with Crippen molar-refractivity contribution >= 4 is 17.9 Å². The number of benzene rings is 2. The molecule has 0 radical (unpaired) electrons. The predicted octanol–water partition coefficient (Wildman–Crippen LogP) is 3.16. The van der Waals surface area contributed by atoms with E-state index in [0.717, 1.165) is 0 Å². The lowest BCUT2D eigenvalue weighted by Crippen LogP contribution is -2.00. The van der Waals surface area contributed by atoms with Gasteiger partial charge in [0, 0.05) is 11.8 Å². The van der Waals surface area contributed by atoms with Gasteiger partial charge in [-0.15, -0.1) is 6.42 Å². The highest BCUT2D eigenvalue weighted by Crippen LogP contribution is 2.30. The van der Waals surface area contributed by atoms with Crippen molar-refractivity contribution in [2.75, 3.05) is 13.7 Å². The van der Waals surface area contributed by atoms with Crippen LogP contribution >= 0.6 is 0 Å². The third kappa shape index (κ3) is 4.11. The molecule has 1 N–H and O–H groups in total. The summed E-state index contributed by atoms with van der Waals surface area (Å²) in [6.45, 7) is 0.107. The molecule has 2 rings (SSSR count). The van der Waals surface area contributed by atoms with Gasteiger partial charge in [-0.25, -0.2) is 4.79 Å². The molecule has 0 aromatic heterocycles. The van der Waals surface area contributed by atoms with Gasteiger partial charge in [0.2, 0.25) is 0 Å². The van der Waals surface area contributed by atoms with Crippen molar-refractivity contribution in [1.82, 2.24) is 0 Å². The molecule has 5 nitrogen and oxygen atoms in total. The van der Waals surface area contributed by atoms with Gasteiger partial charge in [0.1, 0.15) is 6.61 Å². The Labute approximate surface area is 134 Å². The molecule has 0 saturated carbocycles. The quantitative estimate of drug-likeness (QED) is 0.657. The fourth-order valence-electron chi connectivity index (χ4n) is 1.93. The smallest absolute Gasteiger partial charge is 0.335 e. The van der Waals surface area contributed by atoms with Crippen molar-refractivity contribution in [3.05, 3.63) is 53.6 Å². The third-order valence-electron chi connectivity index (χ3n) is 2.97. The Bertz CT molecular complexity index is 775. The first-order valence-corrected chi connectivity index (χ1v) is 6.76. The van der Waals surface area contributed by atoms with Gasteiger partial charge >= 0.3 is 5.97 Å². The van der Waals surface area contributed by atoms with E-state index in [1.165, 1.54) is 19.2 Å². The molecular formula is C18H15NO4. The molecule has 23 heavy (non-hydrogen) atoms. The second-order valence-electron chi connectivity index (χ2n) is 4.49. The number of carboxylic acid groups (broad SMARTS) is 1. The Morgan fingerprint density at radius 2 is 2.13 bits per heavy atom. The molecule has 0 aliphatic rings. The zero-order valence-electron chi connectivity index (χ0n) is 12.5. The van der Waals surface area contributed by atoms with Crippen LogP contribution in [0.2, 0.25) is 0 Å². The summed E-state index contributed by atoms with van der Waals surface area (Å²) in [4.78, 5) is 15.3. The second-order valence-corrected chi connectivity index (χ2v) is 4.49. The number of hydrogen-bond donors (Lipinski definition) is 1. The van der Waals surface area contributed by atoms with Crippen molar-refractivity contribution in [1.29, 1.82) is 0 Å². The lowest BCUT2D eigenvalue weighted by atomic mass is 10.2. The summed E-state index contributed by atoms with van der Waals surface area (Å²) in [5, 5.41) is 9.00. The Morgan fingerprint density at radius 3 is 2.83 bits per heavy atom. The molecule has 0 saturated heterocycles. The van der Waals surface area contributed by atoms with Crippen molar-refractivity contribution in [2.24, 2.45) is 4.99 Å². The van der Waals surface area contributed by atoms with Crippen LogP contribution in [0.5, 0.6) is 11.5 Å². The number of methoxy groups -OCH3 is 1. The van der Waals surface area contributed by atoms with E-state index < -0.39 is 5.97 Å². The van der Waals surface area contributed by atoms with Crippen LogP contribution in [-0.4, -0.2) is 31.0 Å². The normalized spacial score (nSPS) is 10.3. The maximum atomic E-state index is 11.0. The fraction of sp³-hybridized carbons (Fsp3) is 0.111. The zero-order valence-corrected chi connectivity index (χ0v) is 12.5. The molecule has 0 fully saturated rings. The first-order valence-electron chi connectivity index (χ1n) is 6.76. The minimum absolute atomic E-state index is 0.107. The third-order valence-corrected chi connectivity index (χ3v) is 2.97. The Hall–Kier alpha value is -3.26. The summed E-state index contributed by atoms with van der Waals surface area (Å²) in [7, 11) is 1.54. The first kappa shape index (κ1) is 16.1. The molecule has 2 aromatic carbocycles. The summed E-state index contributed by atoms with van der Waals surface area (Å²) in [5.74, 6) is 2.44. The maximum Gasteiger partial charge on any atom is 0.335 e. The number of carbonyl (C=O) groups is 1. The number of hydrogen-bond acceptors (Lipinski definition) is 4. The van der Waals surface area contributed by atoms with E-state index >= 15 is 0 Å². The van der Waals surface area contributed by atoms with E-state index in [9.17, 15) is 4.79 Å². The molecule has 116 valence electrons. The van der Waals surface area contributed by atoms with Crippen LogP contribution in [0.3, 0.4) is 0 Å². The van der Waals surface area contributed by atoms with Crippen molar-refractivity contribution in [3.63, 3.8) is 0 Å². The number of aromatic carboxylic acids is 1. The van der Waals surface area contributed by atoms with E-state index in [2.05, 4.69) is 10.9 Å². The van der Waals surface area contributed by atoms with Gasteiger partial charge in [0.15, 0.2) is 11.5 Å². The van der Waals surface area contributed by atoms with Crippen molar-refractivity contribution in [2.45, 2.75) is 0 Å². The molecule has 0 spiro atoms. The van der Waals surface area contributed by atoms with E-state index in [4.69, 9.17) is 21.0 Å². The maximum absolute atomic E-state index is 11.0. The predicted molar refractivity (Wildman–Crippen MR) is 88.0 cm³/mol. The number of carboxylic acids is 1. The SMILES string of the molecule is C#CCOc1c(C=Nc2cccc(C(=O)O)c2)cccc1OC. The van der Waals surface area contributed by atoms with Crippen LogP contribution in [-0.2, 0) is 0 Å². The molecule has 0 unspecified atom stereocenters. The molecular weight excluding hydrogens is 294 g/mol. The number of rotatable bonds is 6. The number of terminal acetylenes is 1. The Morgan fingerprint density at radius 1 is 1.35 bits per heavy atom. The molecule has 0 aliphatic heterocycles. The van der Waals surface area contributed by atoms with Crippen LogP contribution in [0.15, 0.2) is 47.5 Å². The summed E-state index contributed by atoms with van der Waals surface area (Å²) in [6, 6.07) is 11.7. The van der Waals surface area contributed by atoms with Crippen molar-refractivity contribution in [3.8, 4) is 23.8 Å². The molecule has 0 bridgehead atoms. The minimum Gasteiger partial charge on any atom is -0.493 e. The molecule has 0 amide bonds. The molecule has 5 heteroatoms. The van der Waals surface area contributed by atoms with Gasteiger partial charge in [0.05, 0.1) is 18.4 Å². The summed E-state index contributed by atoms with van der Waals surface area (Å²) in [5.41, 5.74) is 1.38. The number of ether oxygens (including phenoxy) is 2. The fourth-order valence-corrected chi connectivity index (χ4v) is 1.93. The van der Waals surface area contributed by atoms with E-state index in [1.54, 1.807) is 36.5 Å². The lowest BCUT2D eigenvalue weighted by Gasteiger charge is -2.11. The van der Waals surface area contributed by atoms with E-state index in [1.807, 2.05) is 0 Å². The van der Waals surface area contributed by atoms with Gasteiger partial charge in [-0.05, 0) is 30.3 Å². The van der Waals surface area contributed by atoms with E-state index in [0.29, 0.717) is 22.7 Å². The number of nitrogens with zero attached hydrogens (tertiary/aromatic N) is 1. The monoisotopic (exact) mass is 309 g/mol. The Kier molecular flexibility index (Phi) is 5.37. The summed E-state index contributed by atoms with van der Waals surface area (Å²) < 4.78 is 10.8. The van der Waals surface area contributed by atoms with Crippen molar-refractivity contribution < 1.29 is 19.4 Å². The minimum atomic E-state index is -0.999. The van der Waals surface area contributed by atoms with Gasteiger partial charge in [-0.1, -0.05) is 18.1 Å². The van der Waals surface area contributed by atoms with Crippen LogP contribution in [0.25, 0.3) is 0 Å². The topological polar surface area (TPSA) is 68.1 Å². The average Bonchev–Trinajstić information content (AvgIpc) is 2.58. The van der Waals surface area contributed by atoms with Crippen LogP contribution in [0.4, 0.5) is 5.69 Å². The zero-order chi connectivity index (χ0) is 16.7. The molecule has 0 aliphatic carbocycles. The average molecular weight is 309 g/mol.